The minimum absolute atomic E-state index is 0.102. The summed E-state index contributed by atoms with van der Waals surface area (Å²) in [5.74, 6) is -0.266. The van der Waals surface area contributed by atoms with Crippen LogP contribution in [0.4, 0.5) is 0 Å². The molecule has 17 heavy (non-hydrogen) atoms. The Morgan fingerprint density at radius 3 is 2.29 bits per heavy atom. The van der Waals surface area contributed by atoms with Crippen LogP contribution < -0.4 is 0 Å². The molecule has 0 saturated carbocycles. The van der Waals surface area contributed by atoms with Crippen molar-refractivity contribution in [3.8, 4) is 0 Å². The maximum Gasteiger partial charge on any atom is 0.335 e. The van der Waals surface area contributed by atoms with Gasteiger partial charge < -0.3 is 9.84 Å². The van der Waals surface area contributed by atoms with Gasteiger partial charge in [-0.15, -0.1) is 0 Å². The van der Waals surface area contributed by atoms with Crippen molar-refractivity contribution in [3.05, 3.63) is 35.4 Å². The first-order valence-electron chi connectivity index (χ1n) is 5.95. The highest BCUT2D eigenvalue weighted by atomic mass is 16.5. The molecule has 0 unspecified atom stereocenters. The summed E-state index contributed by atoms with van der Waals surface area (Å²) < 4.78 is 5.35. The molecular formula is C14H18O3. The average molecular weight is 234 g/mol. The number of rotatable bonds is 4. The van der Waals surface area contributed by atoms with E-state index in [1.54, 1.807) is 12.1 Å². The SMILES string of the molecule is CC(C)CC1(c2ccc(C(=O)O)cc2)COC1. The number of ether oxygens (including phenoxy) is 1. The Bertz CT molecular complexity index is 402. The lowest BCUT2D eigenvalue weighted by Crippen LogP contribution is -2.47. The lowest BCUT2D eigenvalue weighted by Gasteiger charge is -2.43. The second-order valence-electron chi connectivity index (χ2n) is 5.25. The van der Waals surface area contributed by atoms with Crippen molar-refractivity contribution >= 4 is 5.97 Å². The maximum atomic E-state index is 10.8. The van der Waals surface area contributed by atoms with Gasteiger partial charge >= 0.3 is 5.97 Å². The Labute approximate surface area is 101 Å². The van der Waals surface area contributed by atoms with Gasteiger partial charge in [0.2, 0.25) is 0 Å². The van der Waals surface area contributed by atoms with Crippen molar-refractivity contribution in [1.29, 1.82) is 0 Å². The standard InChI is InChI=1S/C14H18O3/c1-10(2)7-14(8-17-9-14)12-5-3-11(4-6-12)13(15)16/h3-6,10H,7-9H2,1-2H3,(H,15,16). The molecule has 1 heterocycles. The largest absolute Gasteiger partial charge is 0.478 e. The molecule has 1 aliphatic rings. The second kappa shape index (κ2) is 4.49. The first kappa shape index (κ1) is 12.1. The van der Waals surface area contributed by atoms with Crippen LogP contribution in [0.1, 0.15) is 36.2 Å². The van der Waals surface area contributed by atoms with Crippen LogP contribution in [-0.2, 0) is 10.2 Å². The van der Waals surface area contributed by atoms with E-state index in [0.29, 0.717) is 11.5 Å². The normalized spacial score (nSPS) is 17.8. The number of carbonyl (C=O) groups is 1. The topological polar surface area (TPSA) is 46.5 Å². The summed E-state index contributed by atoms with van der Waals surface area (Å²) in [6, 6.07) is 7.21. The van der Waals surface area contributed by atoms with Crippen molar-refractivity contribution in [3.63, 3.8) is 0 Å². The van der Waals surface area contributed by atoms with Gasteiger partial charge in [0.25, 0.3) is 0 Å². The van der Waals surface area contributed by atoms with Gasteiger partial charge in [0, 0.05) is 5.41 Å². The predicted octanol–water partition coefficient (Wildman–Crippen LogP) is 2.70. The van der Waals surface area contributed by atoms with Crippen LogP contribution in [0.15, 0.2) is 24.3 Å². The molecule has 0 aliphatic carbocycles. The number of aromatic carboxylic acids is 1. The molecule has 1 N–H and O–H groups in total. The summed E-state index contributed by atoms with van der Waals surface area (Å²) >= 11 is 0. The number of carboxylic acid groups (broad SMARTS) is 1. The van der Waals surface area contributed by atoms with E-state index in [-0.39, 0.29) is 5.41 Å². The van der Waals surface area contributed by atoms with Crippen molar-refractivity contribution in [1.82, 2.24) is 0 Å². The van der Waals surface area contributed by atoms with Gasteiger partial charge in [-0.2, -0.15) is 0 Å². The highest BCUT2D eigenvalue weighted by Crippen LogP contribution is 2.38. The van der Waals surface area contributed by atoms with Gasteiger partial charge in [-0.25, -0.2) is 4.79 Å². The summed E-state index contributed by atoms with van der Waals surface area (Å²) in [6.07, 6.45) is 1.08. The first-order valence-corrected chi connectivity index (χ1v) is 5.95. The van der Waals surface area contributed by atoms with Crippen LogP contribution in [-0.4, -0.2) is 24.3 Å². The molecule has 1 aromatic carbocycles. The van der Waals surface area contributed by atoms with Crippen LogP contribution in [0.5, 0.6) is 0 Å². The minimum atomic E-state index is -0.876. The van der Waals surface area contributed by atoms with Crippen molar-refractivity contribution < 1.29 is 14.6 Å². The Hall–Kier alpha value is -1.35. The lowest BCUT2D eigenvalue weighted by molar-refractivity contribution is -0.0697. The van der Waals surface area contributed by atoms with Crippen molar-refractivity contribution in [2.24, 2.45) is 5.92 Å². The summed E-state index contributed by atoms with van der Waals surface area (Å²) in [6.45, 7) is 5.90. The fraction of sp³-hybridized carbons (Fsp3) is 0.500. The molecule has 3 heteroatoms. The third-order valence-electron chi connectivity index (χ3n) is 3.30. The molecule has 0 spiro atoms. The Morgan fingerprint density at radius 1 is 1.35 bits per heavy atom. The summed E-state index contributed by atoms with van der Waals surface area (Å²) in [5.41, 5.74) is 1.64. The third kappa shape index (κ3) is 2.34. The van der Waals surface area contributed by atoms with Crippen LogP contribution in [0.3, 0.4) is 0 Å². The van der Waals surface area contributed by atoms with Gasteiger partial charge in [-0.05, 0) is 30.0 Å². The molecule has 1 aromatic rings. The zero-order valence-corrected chi connectivity index (χ0v) is 10.3. The van der Waals surface area contributed by atoms with Crippen LogP contribution in [0.25, 0.3) is 0 Å². The molecule has 3 nitrogen and oxygen atoms in total. The fourth-order valence-electron chi connectivity index (χ4n) is 2.50. The zero-order chi connectivity index (χ0) is 12.5. The Kier molecular flexibility index (Phi) is 3.20. The number of hydrogen-bond acceptors (Lipinski definition) is 2. The highest BCUT2D eigenvalue weighted by molar-refractivity contribution is 5.87. The molecule has 92 valence electrons. The van der Waals surface area contributed by atoms with Crippen molar-refractivity contribution in [2.45, 2.75) is 25.7 Å². The summed E-state index contributed by atoms with van der Waals surface area (Å²) in [5, 5.41) is 8.87. The molecule has 1 saturated heterocycles. The highest BCUT2D eigenvalue weighted by Gasteiger charge is 2.40. The van der Waals surface area contributed by atoms with Gasteiger partial charge in [0.05, 0.1) is 18.8 Å². The van der Waals surface area contributed by atoms with E-state index in [4.69, 9.17) is 9.84 Å². The molecule has 0 atom stereocenters. The molecule has 1 aliphatic heterocycles. The maximum absolute atomic E-state index is 10.8. The third-order valence-corrected chi connectivity index (χ3v) is 3.30. The molecule has 2 rings (SSSR count). The van der Waals surface area contributed by atoms with Crippen LogP contribution >= 0.6 is 0 Å². The molecule has 0 aromatic heterocycles. The quantitative estimate of drug-likeness (QED) is 0.871. The number of benzene rings is 1. The Morgan fingerprint density at radius 2 is 1.94 bits per heavy atom. The zero-order valence-electron chi connectivity index (χ0n) is 10.3. The lowest BCUT2D eigenvalue weighted by atomic mass is 9.73. The molecular weight excluding hydrogens is 216 g/mol. The number of hydrogen-bond donors (Lipinski definition) is 1. The fourth-order valence-corrected chi connectivity index (χ4v) is 2.50. The second-order valence-corrected chi connectivity index (χ2v) is 5.25. The van der Waals surface area contributed by atoms with Crippen molar-refractivity contribution in [2.75, 3.05) is 13.2 Å². The van der Waals surface area contributed by atoms with E-state index < -0.39 is 5.97 Å². The van der Waals surface area contributed by atoms with E-state index in [1.165, 1.54) is 5.56 Å². The van der Waals surface area contributed by atoms with E-state index in [1.807, 2.05) is 12.1 Å². The van der Waals surface area contributed by atoms with Crippen LogP contribution in [0, 0.1) is 5.92 Å². The molecule has 0 bridgehead atoms. The van der Waals surface area contributed by atoms with E-state index >= 15 is 0 Å². The number of carboxylic acids is 1. The smallest absolute Gasteiger partial charge is 0.335 e. The van der Waals surface area contributed by atoms with E-state index in [9.17, 15) is 4.79 Å². The van der Waals surface area contributed by atoms with E-state index in [0.717, 1.165) is 19.6 Å². The van der Waals surface area contributed by atoms with Crippen LogP contribution in [0.2, 0.25) is 0 Å². The molecule has 1 fully saturated rings. The molecule has 0 amide bonds. The first-order chi connectivity index (χ1) is 8.03. The Balaban J connectivity index is 2.23. The van der Waals surface area contributed by atoms with E-state index in [2.05, 4.69) is 13.8 Å². The van der Waals surface area contributed by atoms with Gasteiger partial charge in [-0.3, -0.25) is 0 Å². The summed E-state index contributed by atoms with van der Waals surface area (Å²) in [4.78, 5) is 10.8. The van der Waals surface area contributed by atoms with Gasteiger partial charge in [-0.1, -0.05) is 26.0 Å². The van der Waals surface area contributed by atoms with Gasteiger partial charge in [0.15, 0.2) is 0 Å². The average Bonchev–Trinajstić information content (AvgIpc) is 2.23. The molecule has 0 radical (unpaired) electrons. The predicted molar refractivity (Wildman–Crippen MR) is 65.4 cm³/mol. The minimum Gasteiger partial charge on any atom is -0.478 e. The summed E-state index contributed by atoms with van der Waals surface area (Å²) in [7, 11) is 0. The van der Waals surface area contributed by atoms with Gasteiger partial charge in [0.1, 0.15) is 0 Å². The monoisotopic (exact) mass is 234 g/mol.